The maximum atomic E-state index is 11.9. The van der Waals surface area contributed by atoms with Gasteiger partial charge in [-0.2, -0.15) is 5.26 Å². The highest BCUT2D eigenvalue weighted by molar-refractivity contribution is 5.90. The van der Waals surface area contributed by atoms with Gasteiger partial charge in [0.05, 0.1) is 22.8 Å². The summed E-state index contributed by atoms with van der Waals surface area (Å²) in [6.45, 7) is 0.310. The normalized spacial score (nSPS) is 10.0. The van der Waals surface area contributed by atoms with Crippen molar-refractivity contribution in [3.05, 3.63) is 68.6 Å². The molecule has 1 heterocycles. The monoisotopic (exact) mass is 340 g/mol. The number of aromatic nitrogens is 1. The molecule has 0 radical (unpaired) electrons. The zero-order chi connectivity index (χ0) is 18.2. The van der Waals surface area contributed by atoms with Crippen LogP contribution >= 0.6 is 0 Å². The van der Waals surface area contributed by atoms with Crippen LogP contribution in [-0.2, 0) is 11.3 Å². The number of benzene rings is 1. The minimum absolute atomic E-state index is 0.141. The molecule has 8 heteroatoms. The predicted molar refractivity (Wildman–Crippen MR) is 91.0 cm³/mol. The first-order chi connectivity index (χ1) is 12.0. The van der Waals surface area contributed by atoms with Crippen LogP contribution in [0.25, 0.3) is 0 Å². The van der Waals surface area contributed by atoms with Crippen LogP contribution in [0.5, 0.6) is 0 Å². The van der Waals surface area contributed by atoms with Gasteiger partial charge in [-0.1, -0.05) is 0 Å². The molecule has 1 aromatic heterocycles. The molecule has 1 aromatic carbocycles. The molecule has 2 rings (SSSR count). The van der Waals surface area contributed by atoms with Crippen molar-refractivity contribution in [1.29, 1.82) is 5.26 Å². The molecule has 8 nitrogen and oxygen atoms in total. The number of rotatable bonds is 7. The van der Waals surface area contributed by atoms with Crippen LogP contribution in [0.1, 0.15) is 24.8 Å². The minimum atomic E-state index is -0.555. The standard InChI is InChI=1S/C17H16N4O4/c18-11-13-4-6-14(7-5-13)19-16(22)3-1-2-10-20-12-15(21(24)25)8-9-17(20)23/h4-9,12H,1-3,10H2,(H,19,22). The number of hydrogen-bond donors (Lipinski definition) is 1. The summed E-state index contributed by atoms with van der Waals surface area (Å²) in [5.41, 5.74) is 0.671. The number of anilines is 1. The summed E-state index contributed by atoms with van der Waals surface area (Å²) in [4.78, 5) is 33.7. The van der Waals surface area contributed by atoms with E-state index in [1.165, 1.54) is 16.8 Å². The summed E-state index contributed by atoms with van der Waals surface area (Å²) < 4.78 is 1.27. The maximum absolute atomic E-state index is 11.9. The number of aryl methyl sites for hydroxylation is 1. The Labute approximate surface area is 143 Å². The second kappa shape index (κ2) is 8.40. The quantitative estimate of drug-likeness (QED) is 0.472. The molecule has 0 atom stereocenters. The molecule has 0 spiro atoms. The van der Waals surface area contributed by atoms with Crippen LogP contribution in [0.4, 0.5) is 11.4 Å². The molecule has 0 aliphatic carbocycles. The number of hydrogen-bond acceptors (Lipinski definition) is 5. The summed E-state index contributed by atoms with van der Waals surface area (Å²) in [5, 5.41) is 22.2. The molecule has 0 fully saturated rings. The lowest BCUT2D eigenvalue weighted by molar-refractivity contribution is -0.385. The second-order valence-electron chi connectivity index (χ2n) is 5.37. The van der Waals surface area contributed by atoms with Crippen molar-refractivity contribution in [2.45, 2.75) is 25.8 Å². The highest BCUT2D eigenvalue weighted by Gasteiger charge is 2.08. The summed E-state index contributed by atoms with van der Waals surface area (Å²) in [6.07, 6.45) is 2.56. The number of nitrogens with one attached hydrogen (secondary N) is 1. The molecule has 25 heavy (non-hydrogen) atoms. The van der Waals surface area contributed by atoms with Crippen LogP contribution < -0.4 is 10.9 Å². The van der Waals surface area contributed by atoms with Gasteiger partial charge in [0.15, 0.2) is 0 Å². The first-order valence-electron chi connectivity index (χ1n) is 7.64. The van der Waals surface area contributed by atoms with Gasteiger partial charge >= 0.3 is 0 Å². The average molecular weight is 340 g/mol. The Balaban J connectivity index is 1.80. The number of carbonyl (C=O) groups excluding carboxylic acids is 1. The third-order valence-electron chi connectivity index (χ3n) is 3.53. The van der Waals surface area contributed by atoms with E-state index in [0.29, 0.717) is 30.6 Å². The van der Waals surface area contributed by atoms with Crippen LogP contribution in [0.3, 0.4) is 0 Å². The Bertz CT molecular complexity index is 865. The Hall–Kier alpha value is -3.47. The number of nitrogens with zero attached hydrogens (tertiary/aromatic N) is 3. The fourth-order valence-electron chi connectivity index (χ4n) is 2.22. The van der Waals surface area contributed by atoms with Gasteiger partial charge in [-0.05, 0) is 37.1 Å². The van der Waals surface area contributed by atoms with Gasteiger partial charge in [0.1, 0.15) is 0 Å². The van der Waals surface area contributed by atoms with Gasteiger partial charge in [-0.15, -0.1) is 0 Å². The molecule has 0 bridgehead atoms. The summed E-state index contributed by atoms with van der Waals surface area (Å²) in [6, 6.07) is 10.9. The second-order valence-corrected chi connectivity index (χ2v) is 5.37. The predicted octanol–water partition coefficient (Wildman–Crippen LogP) is 2.44. The van der Waals surface area contributed by atoms with Crippen molar-refractivity contribution in [1.82, 2.24) is 4.57 Å². The molecule has 2 aromatic rings. The highest BCUT2D eigenvalue weighted by atomic mass is 16.6. The lowest BCUT2D eigenvalue weighted by Crippen LogP contribution is -2.19. The minimum Gasteiger partial charge on any atom is -0.326 e. The van der Waals surface area contributed by atoms with Crippen molar-refractivity contribution in [2.24, 2.45) is 0 Å². The molecular weight excluding hydrogens is 324 g/mol. The van der Waals surface area contributed by atoms with E-state index in [-0.39, 0.29) is 23.6 Å². The lowest BCUT2D eigenvalue weighted by atomic mass is 10.2. The van der Waals surface area contributed by atoms with Gasteiger partial charge < -0.3 is 9.88 Å². The van der Waals surface area contributed by atoms with E-state index in [9.17, 15) is 19.7 Å². The molecule has 0 saturated carbocycles. The topological polar surface area (TPSA) is 118 Å². The molecule has 0 aliphatic rings. The van der Waals surface area contributed by atoms with Gasteiger partial charge in [-0.3, -0.25) is 19.7 Å². The number of unbranched alkanes of at least 4 members (excludes halogenated alkanes) is 1. The van der Waals surface area contributed by atoms with Crippen molar-refractivity contribution in [3.8, 4) is 6.07 Å². The third-order valence-corrected chi connectivity index (χ3v) is 3.53. The van der Waals surface area contributed by atoms with E-state index < -0.39 is 4.92 Å². The number of nitro groups is 1. The smallest absolute Gasteiger partial charge is 0.285 e. The van der Waals surface area contributed by atoms with Gasteiger partial charge in [-0.25, -0.2) is 0 Å². The summed E-state index contributed by atoms with van der Waals surface area (Å²) in [5.74, 6) is -0.170. The molecule has 0 aliphatic heterocycles. The number of carbonyl (C=O) groups is 1. The van der Waals surface area contributed by atoms with Crippen molar-refractivity contribution in [2.75, 3.05) is 5.32 Å². The molecule has 0 saturated heterocycles. The first-order valence-corrected chi connectivity index (χ1v) is 7.64. The van der Waals surface area contributed by atoms with Crippen molar-refractivity contribution >= 4 is 17.3 Å². The van der Waals surface area contributed by atoms with E-state index in [0.717, 1.165) is 6.07 Å². The molecular formula is C17H16N4O4. The van der Waals surface area contributed by atoms with Crippen LogP contribution in [0.2, 0.25) is 0 Å². The van der Waals surface area contributed by atoms with Gasteiger partial charge in [0.25, 0.3) is 11.2 Å². The van der Waals surface area contributed by atoms with E-state index in [1.807, 2.05) is 6.07 Å². The molecule has 0 unspecified atom stereocenters. The van der Waals surface area contributed by atoms with Gasteiger partial charge in [0.2, 0.25) is 5.91 Å². The number of pyridine rings is 1. The van der Waals surface area contributed by atoms with Crippen molar-refractivity contribution in [3.63, 3.8) is 0 Å². The zero-order valence-electron chi connectivity index (χ0n) is 13.3. The largest absolute Gasteiger partial charge is 0.326 e. The van der Waals surface area contributed by atoms with Gasteiger partial charge in [0, 0.05) is 30.8 Å². The third kappa shape index (κ3) is 5.28. The van der Waals surface area contributed by atoms with Crippen LogP contribution in [0.15, 0.2) is 47.4 Å². The van der Waals surface area contributed by atoms with E-state index in [2.05, 4.69) is 5.32 Å². The Morgan fingerprint density at radius 2 is 1.92 bits per heavy atom. The van der Waals surface area contributed by atoms with Crippen molar-refractivity contribution < 1.29 is 9.72 Å². The van der Waals surface area contributed by atoms with Crippen LogP contribution in [-0.4, -0.2) is 15.4 Å². The number of amides is 1. The SMILES string of the molecule is N#Cc1ccc(NC(=O)CCCCn2cc([N+](=O)[O-])ccc2=O)cc1. The summed E-state index contributed by atoms with van der Waals surface area (Å²) in [7, 11) is 0. The Kier molecular flexibility index (Phi) is 6.01. The molecule has 128 valence electrons. The average Bonchev–Trinajstić information content (AvgIpc) is 2.60. The number of nitriles is 1. The first kappa shape index (κ1) is 17.9. The molecule has 1 N–H and O–H groups in total. The summed E-state index contributed by atoms with van der Waals surface area (Å²) >= 11 is 0. The fourth-order valence-corrected chi connectivity index (χ4v) is 2.22. The maximum Gasteiger partial charge on any atom is 0.285 e. The van der Waals surface area contributed by atoms with E-state index >= 15 is 0 Å². The lowest BCUT2D eigenvalue weighted by Gasteiger charge is -2.06. The van der Waals surface area contributed by atoms with E-state index in [4.69, 9.17) is 5.26 Å². The highest BCUT2D eigenvalue weighted by Crippen LogP contribution is 2.11. The Morgan fingerprint density at radius 3 is 2.56 bits per heavy atom. The Morgan fingerprint density at radius 1 is 1.20 bits per heavy atom. The van der Waals surface area contributed by atoms with Crippen LogP contribution in [0, 0.1) is 21.4 Å². The molecule has 1 amide bonds. The fraction of sp³-hybridized carbons (Fsp3) is 0.235. The zero-order valence-corrected chi connectivity index (χ0v) is 13.3. The van der Waals surface area contributed by atoms with E-state index in [1.54, 1.807) is 24.3 Å².